The molecule has 2 unspecified atom stereocenters. The van der Waals surface area contributed by atoms with E-state index in [2.05, 4.69) is 59.9 Å². The summed E-state index contributed by atoms with van der Waals surface area (Å²) in [6.45, 7) is 5.86. The Morgan fingerprint density at radius 2 is 1.73 bits per heavy atom. The Balaban J connectivity index is 1.23. The van der Waals surface area contributed by atoms with Gasteiger partial charge < -0.3 is 15.1 Å². The first kappa shape index (κ1) is 17.3. The summed E-state index contributed by atoms with van der Waals surface area (Å²) in [5.41, 5.74) is 4.24. The minimum atomic E-state index is 0.213. The van der Waals surface area contributed by atoms with Gasteiger partial charge in [0.2, 0.25) is 0 Å². The Morgan fingerprint density at radius 3 is 2.58 bits per heavy atom. The molecule has 4 heteroatoms. The number of carbonyl (C=O) groups is 1. The fourth-order valence-electron chi connectivity index (χ4n) is 4.40. The molecule has 4 nitrogen and oxygen atoms in total. The van der Waals surface area contributed by atoms with E-state index < -0.39 is 0 Å². The summed E-state index contributed by atoms with van der Waals surface area (Å²) in [4.78, 5) is 15.5. The van der Waals surface area contributed by atoms with Crippen molar-refractivity contribution in [2.45, 2.75) is 32.0 Å². The Labute approximate surface area is 155 Å². The average molecular weight is 351 g/mol. The molecular formula is C22H29N3O+2. The number of nitrogens with one attached hydrogen (secondary N) is 3. The number of amides is 1. The lowest BCUT2D eigenvalue weighted by molar-refractivity contribution is -0.908. The highest BCUT2D eigenvalue weighted by Crippen LogP contribution is 2.10. The van der Waals surface area contributed by atoms with Crippen LogP contribution in [0.1, 0.15) is 23.1 Å². The molecule has 26 heavy (non-hydrogen) atoms. The second-order valence-electron chi connectivity index (χ2n) is 7.79. The summed E-state index contributed by atoms with van der Waals surface area (Å²) in [6.07, 6.45) is 2.17. The van der Waals surface area contributed by atoms with Crippen LogP contribution in [-0.4, -0.2) is 38.1 Å². The summed E-state index contributed by atoms with van der Waals surface area (Å²) in [5, 5.41) is 3.29. The molecule has 3 N–H and O–H groups in total. The number of hydrogen-bond donors (Lipinski definition) is 3. The lowest BCUT2D eigenvalue weighted by Gasteiger charge is -2.25. The first-order valence-electron chi connectivity index (χ1n) is 9.83. The van der Waals surface area contributed by atoms with Crippen LogP contribution in [0.3, 0.4) is 0 Å². The molecule has 2 aliphatic heterocycles. The molecule has 0 aliphatic carbocycles. The fourth-order valence-corrected chi connectivity index (χ4v) is 4.40. The molecule has 1 fully saturated rings. The van der Waals surface area contributed by atoms with E-state index in [4.69, 9.17) is 0 Å². The number of likely N-dealkylation sites (tertiary alicyclic amines) is 1. The van der Waals surface area contributed by atoms with Gasteiger partial charge in [-0.1, -0.05) is 54.6 Å². The second kappa shape index (κ2) is 8.02. The number of fused-ring (bicyclic) bond motifs is 1. The topological polar surface area (TPSA) is 38.0 Å². The predicted molar refractivity (Wildman–Crippen MR) is 102 cm³/mol. The summed E-state index contributed by atoms with van der Waals surface area (Å²) in [6, 6.07) is 19.6. The van der Waals surface area contributed by atoms with Crippen LogP contribution in [0.5, 0.6) is 0 Å². The zero-order valence-electron chi connectivity index (χ0n) is 15.3. The van der Waals surface area contributed by atoms with Gasteiger partial charge in [0.15, 0.2) is 6.54 Å². The zero-order chi connectivity index (χ0) is 17.8. The smallest absolute Gasteiger partial charge is 0.275 e. The van der Waals surface area contributed by atoms with Crippen molar-refractivity contribution in [3.63, 3.8) is 0 Å². The molecule has 1 amide bonds. The molecule has 2 aromatic rings. The summed E-state index contributed by atoms with van der Waals surface area (Å²) in [5.74, 6) is 0.213. The van der Waals surface area contributed by atoms with Crippen molar-refractivity contribution in [3.8, 4) is 0 Å². The molecule has 0 radical (unpaired) electrons. The molecule has 2 aromatic carbocycles. The van der Waals surface area contributed by atoms with E-state index in [0.717, 1.165) is 45.6 Å². The Morgan fingerprint density at radius 1 is 0.962 bits per heavy atom. The fraction of sp³-hybridized carbons (Fsp3) is 0.409. The monoisotopic (exact) mass is 351 g/mol. The van der Waals surface area contributed by atoms with Gasteiger partial charge in [0.05, 0.1) is 25.7 Å². The normalized spacial score (nSPS) is 24.8. The number of rotatable bonds is 5. The molecule has 3 atom stereocenters. The van der Waals surface area contributed by atoms with E-state index in [1.807, 2.05) is 0 Å². The van der Waals surface area contributed by atoms with Crippen LogP contribution in [-0.2, 0) is 24.3 Å². The number of benzene rings is 2. The highest BCUT2D eigenvalue weighted by Gasteiger charge is 2.29. The van der Waals surface area contributed by atoms with Crippen molar-refractivity contribution in [2.75, 3.05) is 26.2 Å². The third kappa shape index (κ3) is 4.32. The molecule has 0 aromatic heterocycles. The molecule has 1 saturated heterocycles. The van der Waals surface area contributed by atoms with Crippen LogP contribution in [0, 0.1) is 0 Å². The van der Waals surface area contributed by atoms with Crippen molar-refractivity contribution in [2.24, 2.45) is 0 Å². The summed E-state index contributed by atoms with van der Waals surface area (Å²) in [7, 11) is 0. The lowest BCUT2D eigenvalue weighted by atomic mass is 10.00. The third-order valence-corrected chi connectivity index (χ3v) is 5.76. The average Bonchev–Trinajstić information content (AvgIpc) is 3.09. The van der Waals surface area contributed by atoms with Gasteiger partial charge in [0.1, 0.15) is 13.1 Å². The van der Waals surface area contributed by atoms with Crippen LogP contribution < -0.4 is 15.1 Å². The summed E-state index contributed by atoms with van der Waals surface area (Å²) < 4.78 is 0. The first-order valence-corrected chi connectivity index (χ1v) is 9.83. The van der Waals surface area contributed by atoms with Gasteiger partial charge in [-0.2, -0.15) is 0 Å². The van der Waals surface area contributed by atoms with Crippen LogP contribution in [0.4, 0.5) is 0 Å². The maximum absolute atomic E-state index is 12.5. The largest absolute Gasteiger partial charge is 0.343 e. The van der Waals surface area contributed by atoms with E-state index in [1.54, 1.807) is 4.90 Å². The third-order valence-electron chi connectivity index (χ3n) is 5.76. The van der Waals surface area contributed by atoms with Crippen molar-refractivity contribution in [1.82, 2.24) is 5.32 Å². The van der Waals surface area contributed by atoms with Gasteiger partial charge in [-0.05, 0) is 5.56 Å². The highest BCUT2D eigenvalue weighted by atomic mass is 16.2. The number of quaternary nitrogens is 2. The van der Waals surface area contributed by atoms with Gasteiger partial charge >= 0.3 is 0 Å². The van der Waals surface area contributed by atoms with Gasteiger partial charge in [-0.3, -0.25) is 4.79 Å². The number of hydrogen-bond acceptors (Lipinski definition) is 1. The van der Waals surface area contributed by atoms with Gasteiger partial charge in [-0.25, -0.2) is 0 Å². The Bertz CT molecular complexity index is 746. The highest BCUT2D eigenvalue weighted by molar-refractivity contribution is 5.77. The van der Waals surface area contributed by atoms with Gasteiger partial charge in [-0.15, -0.1) is 0 Å². The SMILES string of the molecule is O=C(C[NH+]1CCc2ccccc2C1)N[C@@H]1CC[NH+](Cc2ccccc2)C1. The van der Waals surface area contributed by atoms with Crippen molar-refractivity contribution >= 4 is 5.91 Å². The predicted octanol–water partition coefficient (Wildman–Crippen LogP) is -0.399. The lowest BCUT2D eigenvalue weighted by Crippen LogP contribution is -3.13. The molecule has 0 bridgehead atoms. The van der Waals surface area contributed by atoms with Crippen LogP contribution in [0.2, 0.25) is 0 Å². The van der Waals surface area contributed by atoms with E-state index >= 15 is 0 Å². The maximum atomic E-state index is 12.5. The maximum Gasteiger partial charge on any atom is 0.275 e. The zero-order valence-corrected chi connectivity index (χ0v) is 15.3. The minimum Gasteiger partial charge on any atom is -0.343 e. The minimum absolute atomic E-state index is 0.213. The van der Waals surface area contributed by atoms with Crippen LogP contribution in [0.15, 0.2) is 54.6 Å². The molecule has 0 spiro atoms. The van der Waals surface area contributed by atoms with Crippen molar-refractivity contribution < 1.29 is 14.6 Å². The molecule has 2 heterocycles. The second-order valence-corrected chi connectivity index (χ2v) is 7.79. The van der Waals surface area contributed by atoms with E-state index in [9.17, 15) is 4.79 Å². The molecule has 4 rings (SSSR count). The standard InChI is InChI=1S/C22H27N3O/c26-22(17-25-12-10-19-8-4-5-9-20(19)15-25)23-21-11-13-24(16-21)14-18-6-2-1-3-7-18/h1-9,21H,10-17H2,(H,23,26)/p+2/t21-/m1/s1. The molecule has 136 valence electrons. The quantitative estimate of drug-likeness (QED) is 0.674. The first-order chi connectivity index (χ1) is 12.8. The van der Waals surface area contributed by atoms with Gasteiger partial charge in [0.25, 0.3) is 5.91 Å². The van der Waals surface area contributed by atoms with E-state index in [-0.39, 0.29) is 5.91 Å². The molecule has 0 saturated carbocycles. The van der Waals surface area contributed by atoms with E-state index in [0.29, 0.717) is 12.6 Å². The van der Waals surface area contributed by atoms with Crippen molar-refractivity contribution in [1.29, 1.82) is 0 Å². The van der Waals surface area contributed by atoms with Crippen molar-refractivity contribution in [3.05, 3.63) is 71.3 Å². The van der Waals surface area contributed by atoms with Gasteiger partial charge in [0, 0.05) is 24.0 Å². The summed E-state index contributed by atoms with van der Waals surface area (Å²) >= 11 is 0. The van der Waals surface area contributed by atoms with Crippen LogP contribution >= 0.6 is 0 Å². The van der Waals surface area contributed by atoms with Crippen LogP contribution in [0.25, 0.3) is 0 Å². The molecule has 2 aliphatic rings. The number of carbonyl (C=O) groups excluding carboxylic acids is 1. The Kier molecular flexibility index (Phi) is 5.32. The molecular weight excluding hydrogens is 322 g/mol. The Hall–Kier alpha value is -2.17. The van der Waals surface area contributed by atoms with E-state index in [1.165, 1.54) is 21.6 Å².